The lowest BCUT2D eigenvalue weighted by molar-refractivity contribution is -0.121. The molecule has 1 aromatic heterocycles. The Labute approximate surface area is 117 Å². The van der Waals surface area contributed by atoms with Crippen molar-refractivity contribution in [2.75, 3.05) is 19.0 Å². The highest BCUT2D eigenvalue weighted by Gasteiger charge is 2.08. The van der Waals surface area contributed by atoms with Crippen LogP contribution in [0.3, 0.4) is 0 Å². The molecule has 6 nitrogen and oxygen atoms in total. The van der Waals surface area contributed by atoms with E-state index in [1.807, 2.05) is 13.8 Å². The fraction of sp³-hybridized carbons (Fsp3) is 0.583. The summed E-state index contributed by atoms with van der Waals surface area (Å²) in [6.45, 7) is 4.44. The summed E-state index contributed by atoms with van der Waals surface area (Å²) in [5, 5.41) is 6.26. The van der Waals surface area contributed by atoms with Crippen LogP contribution >= 0.6 is 11.6 Å². The smallest absolute Gasteiger partial charge is 0.318 e. The topological polar surface area (TPSA) is 76.1 Å². The summed E-state index contributed by atoms with van der Waals surface area (Å²) in [5.74, 6) is 0.462. The Morgan fingerprint density at radius 2 is 2.32 bits per heavy atom. The van der Waals surface area contributed by atoms with Gasteiger partial charge in [0, 0.05) is 19.0 Å². The van der Waals surface area contributed by atoms with Gasteiger partial charge in [0.1, 0.15) is 5.02 Å². The monoisotopic (exact) mass is 286 g/mol. The molecule has 0 saturated heterocycles. The normalized spacial score (nSPS) is 11.8. The van der Waals surface area contributed by atoms with Gasteiger partial charge < -0.3 is 15.4 Å². The summed E-state index contributed by atoms with van der Waals surface area (Å²) in [6, 6.07) is 0.422. The molecule has 0 radical (unpaired) electrons. The number of amides is 1. The summed E-state index contributed by atoms with van der Waals surface area (Å²) in [5.41, 5.74) is 0. The maximum absolute atomic E-state index is 11.6. The van der Waals surface area contributed by atoms with Crippen LogP contribution in [0.2, 0.25) is 5.02 Å². The van der Waals surface area contributed by atoms with Gasteiger partial charge in [-0.2, -0.15) is 4.98 Å². The van der Waals surface area contributed by atoms with Crippen molar-refractivity contribution in [3.63, 3.8) is 0 Å². The van der Waals surface area contributed by atoms with E-state index in [0.29, 0.717) is 23.8 Å². The molecule has 1 amide bonds. The van der Waals surface area contributed by atoms with Crippen LogP contribution in [0.5, 0.6) is 6.01 Å². The molecule has 106 valence electrons. The molecule has 1 atom stereocenters. The molecule has 19 heavy (non-hydrogen) atoms. The average Bonchev–Trinajstić information content (AvgIpc) is 2.40. The number of hydrogen-bond donors (Lipinski definition) is 2. The molecular weight excluding hydrogens is 268 g/mol. The second kappa shape index (κ2) is 7.78. The number of methoxy groups -OCH3 is 1. The quantitative estimate of drug-likeness (QED) is 0.800. The highest BCUT2D eigenvalue weighted by Crippen LogP contribution is 2.19. The van der Waals surface area contributed by atoms with E-state index in [-0.39, 0.29) is 18.0 Å². The third-order valence-electron chi connectivity index (χ3n) is 2.57. The van der Waals surface area contributed by atoms with Crippen LogP contribution in [0.25, 0.3) is 0 Å². The molecule has 2 N–H and O–H groups in total. The van der Waals surface area contributed by atoms with E-state index >= 15 is 0 Å². The Morgan fingerprint density at radius 3 is 2.95 bits per heavy atom. The van der Waals surface area contributed by atoms with E-state index in [9.17, 15) is 4.79 Å². The lowest BCUT2D eigenvalue weighted by atomic mass is 10.2. The highest BCUT2D eigenvalue weighted by atomic mass is 35.5. The zero-order valence-electron chi connectivity index (χ0n) is 11.4. The van der Waals surface area contributed by atoms with Gasteiger partial charge in [0.15, 0.2) is 5.82 Å². The Kier molecular flexibility index (Phi) is 6.35. The zero-order chi connectivity index (χ0) is 14.3. The lowest BCUT2D eigenvalue weighted by Gasteiger charge is -2.12. The van der Waals surface area contributed by atoms with E-state index in [4.69, 9.17) is 16.3 Å². The van der Waals surface area contributed by atoms with Gasteiger partial charge in [-0.3, -0.25) is 4.79 Å². The number of halogens is 1. The first-order valence-corrected chi connectivity index (χ1v) is 6.54. The van der Waals surface area contributed by atoms with Gasteiger partial charge in [-0.05, 0) is 13.3 Å². The van der Waals surface area contributed by atoms with Gasteiger partial charge in [-0.25, -0.2) is 4.98 Å². The molecule has 0 spiro atoms. The van der Waals surface area contributed by atoms with E-state index in [1.165, 1.54) is 13.3 Å². The first-order valence-electron chi connectivity index (χ1n) is 6.16. The van der Waals surface area contributed by atoms with Crippen LogP contribution in [0, 0.1) is 0 Å². The molecule has 1 rings (SSSR count). The summed E-state index contributed by atoms with van der Waals surface area (Å²) in [4.78, 5) is 19.5. The number of nitrogens with one attached hydrogen (secondary N) is 2. The molecule has 1 aromatic rings. The van der Waals surface area contributed by atoms with E-state index in [0.717, 1.165) is 6.42 Å². The maximum atomic E-state index is 11.6. The van der Waals surface area contributed by atoms with Gasteiger partial charge in [0.2, 0.25) is 5.91 Å². The second-order valence-corrected chi connectivity index (χ2v) is 4.51. The van der Waals surface area contributed by atoms with Crippen molar-refractivity contribution < 1.29 is 9.53 Å². The average molecular weight is 287 g/mol. The van der Waals surface area contributed by atoms with Crippen LogP contribution in [0.1, 0.15) is 26.7 Å². The second-order valence-electron chi connectivity index (χ2n) is 4.11. The van der Waals surface area contributed by atoms with Gasteiger partial charge >= 0.3 is 6.01 Å². The van der Waals surface area contributed by atoms with Crippen molar-refractivity contribution in [3.05, 3.63) is 11.2 Å². The molecular formula is C12H19ClN4O2. The Hall–Kier alpha value is -1.56. The van der Waals surface area contributed by atoms with E-state index in [2.05, 4.69) is 20.6 Å². The summed E-state index contributed by atoms with van der Waals surface area (Å²) in [6.07, 6.45) is 2.72. The van der Waals surface area contributed by atoms with E-state index in [1.54, 1.807) is 0 Å². The molecule has 1 heterocycles. The lowest BCUT2D eigenvalue weighted by Crippen LogP contribution is -2.33. The number of hydrogen-bond acceptors (Lipinski definition) is 5. The minimum absolute atomic E-state index is 0.000932. The minimum atomic E-state index is -0.000932. The van der Waals surface area contributed by atoms with Crippen molar-refractivity contribution in [3.8, 4) is 6.01 Å². The number of carbonyl (C=O) groups is 1. The first-order chi connectivity index (χ1) is 9.06. The molecule has 0 aliphatic rings. The fourth-order valence-corrected chi connectivity index (χ4v) is 1.47. The van der Waals surface area contributed by atoms with Crippen molar-refractivity contribution >= 4 is 23.3 Å². The molecule has 0 fully saturated rings. The molecule has 0 aliphatic heterocycles. The van der Waals surface area contributed by atoms with Crippen molar-refractivity contribution in [1.82, 2.24) is 15.3 Å². The van der Waals surface area contributed by atoms with Crippen molar-refractivity contribution in [2.45, 2.75) is 32.7 Å². The summed E-state index contributed by atoms with van der Waals surface area (Å²) >= 11 is 5.93. The standard InChI is InChI=1S/C12H19ClN4O2/c1-4-8(2)16-10(18)5-6-14-11-9(13)7-15-12(17-11)19-3/h7-8H,4-6H2,1-3H3,(H,16,18)(H,14,15,17). The van der Waals surface area contributed by atoms with Crippen molar-refractivity contribution in [2.24, 2.45) is 0 Å². The zero-order valence-corrected chi connectivity index (χ0v) is 12.1. The maximum Gasteiger partial charge on any atom is 0.318 e. The van der Waals surface area contributed by atoms with Crippen LogP contribution in [-0.2, 0) is 4.79 Å². The van der Waals surface area contributed by atoms with Crippen LogP contribution in [0.4, 0.5) is 5.82 Å². The van der Waals surface area contributed by atoms with Crippen LogP contribution < -0.4 is 15.4 Å². The Morgan fingerprint density at radius 1 is 1.58 bits per heavy atom. The number of carbonyl (C=O) groups excluding carboxylic acids is 1. The van der Waals surface area contributed by atoms with Crippen molar-refractivity contribution in [1.29, 1.82) is 0 Å². The number of anilines is 1. The molecule has 1 unspecified atom stereocenters. The van der Waals surface area contributed by atoms with E-state index < -0.39 is 0 Å². The minimum Gasteiger partial charge on any atom is -0.467 e. The van der Waals surface area contributed by atoms with Crippen LogP contribution in [0.15, 0.2) is 6.20 Å². The number of rotatable bonds is 7. The third-order valence-corrected chi connectivity index (χ3v) is 2.85. The predicted octanol–water partition coefficient (Wildman–Crippen LogP) is 1.86. The van der Waals surface area contributed by atoms with Gasteiger partial charge in [0.25, 0.3) is 0 Å². The molecule has 0 aliphatic carbocycles. The molecule has 0 bridgehead atoms. The first kappa shape index (κ1) is 15.5. The summed E-state index contributed by atoms with van der Waals surface area (Å²) < 4.78 is 4.90. The van der Waals surface area contributed by atoms with Gasteiger partial charge in [-0.1, -0.05) is 18.5 Å². The van der Waals surface area contributed by atoms with Crippen LogP contribution in [-0.4, -0.2) is 35.6 Å². The molecule has 0 aromatic carbocycles. The number of nitrogens with zero attached hydrogens (tertiary/aromatic N) is 2. The molecule has 7 heteroatoms. The SMILES string of the molecule is CCC(C)NC(=O)CCNc1nc(OC)ncc1Cl. The number of ether oxygens (including phenoxy) is 1. The Balaban J connectivity index is 2.42. The molecule has 0 saturated carbocycles. The predicted molar refractivity (Wildman–Crippen MR) is 74.6 cm³/mol. The number of aromatic nitrogens is 2. The van der Waals surface area contributed by atoms with Gasteiger partial charge in [0.05, 0.1) is 13.3 Å². The largest absolute Gasteiger partial charge is 0.467 e. The highest BCUT2D eigenvalue weighted by molar-refractivity contribution is 6.32. The Bertz CT molecular complexity index is 428. The third kappa shape index (κ3) is 5.30. The summed E-state index contributed by atoms with van der Waals surface area (Å²) in [7, 11) is 1.48. The van der Waals surface area contributed by atoms with Gasteiger partial charge in [-0.15, -0.1) is 0 Å². The fourth-order valence-electron chi connectivity index (χ4n) is 1.32.